The zero-order chi connectivity index (χ0) is 38.6. The topological polar surface area (TPSA) is 67.6 Å². The van der Waals surface area contributed by atoms with Gasteiger partial charge in [-0.2, -0.15) is 5.26 Å². The third kappa shape index (κ3) is 5.39. The highest BCUT2D eigenvalue weighted by molar-refractivity contribution is 6.18. The molecule has 5 heteroatoms. The van der Waals surface area contributed by atoms with Gasteiger partial charge in [0.05, 0.1) is 28.1 Å². The summed E-state index contributed by atoms with van der Waals surface area (Å²) in [6.45, 7) is 0. The number of hydrogen-bond acceptors (Lipinski definition) is 4. The molecular formula is C53H32N4O. The third-order valence-electron chi connectivity index (χ3n) is 11.1. The number of nitrogens with zero attached hydrogens (tertiary/aromatic N) is 4. The van der Waals surface area contributed by atoms with Gasteiger partial charge in [0.25, 0.3) is 0 Å². The van der Waals surface area contributed by atoms with E-state index in [0.29, 0.717) is 22.8 Å². The van der Waals surface area contributed by atoms with Crippen molar-refractivity contribution in [3.8, 4) is 67.9 Å². The van der Waals surface area contributed by atoms with Crippen molar-refractivity contribution in [2.45, 2.75) is 0 Å². The van der Waals surface area contributed by atoms with E-state index in [9.17, 15) is 5.26 Å². The van der Waals surface area contributed by atoms with Gasteiger partial charge >= 0.3 is 0 Å². The molecular weight excluding hydrogens is 709 g/mol. The molecule has 11 aromatic rings. The molecule has 3 heterocycles. The molecule has 0 aliphatic rings. The number of nitriles is 1. The van der Waals surface area contributed by atoms with Crippen molar-refractivity contribution in [3.05, 3.63) is 200 Å². The van der Waals surface area contributed by atoms with Gasteiger partial charge in [-0.1, -0.05) is 164 Å². The molecule has 0 aliphatic heterocycles. The maximum atomic E-state index is 10.7. The molecule has 0 fully saturated rings. The summed E-state index contributed by atoms with van der Waals surface area (Å²) in [6, 6.07) is 69.0. The largest absolute Gasteiger partial charge is 0.455 e. The SMILES string of the molecule is N#Cc1c(-c2ccccc2)nc(-c2cc(-c3ccccc3)ccc2-n2c3ccccc3c3cc4oc5c(-c6ccccc6)cccc5c4cc32)nc1-c1ccccc1. The Morgan fingerprint density at radius 3 is 1.67 bits per heavy atom. The molecule has 0 radical (unpaired) electrons. The molecule has 8 aromatic carbocycles. The minimum absolute atomic E-state index is 0.433. The summed E-state index contributed by atoms with van der Waals surface area (Å²) in [5, 5.41) is 15.0. The van der Waals surface area contributed by atoms with Gasteiger partial charge in [-0.15, -0.1) is 0 Å². The first kappa shape index (κ1) is 33.3. The third-order valence-corrected chi connectivity index (χ3v) is 11.1. The second-order valence-electron chi connectivity index (χ2n) is 14.4. The van der Waals surface area contributed by atoms with E-state index in [-0.39, 0.29) is 0 Å². The Morgan fingerprint density at radius 1 is 0.431 bits per heavy atom. The van der Waals surface area contributed by atoms with Crippen LogP contribution in [0.3, 0.4) is 0 Å². The summed E-state index contributed by atoms with van der Waals surface area (Å²) in [7, 11) is 0. The molecule has 58 heavy (non-hydrogen) atoms. The number of para-hydroxylation sites is 2. The molecule has 0 atom stereocenters. The fourth-order valence-corrected chi connectivity index (χ4v) is 8.38. The van der Waals surface area contributed by atoms with E-state index in [1.165, 1.54) is 0 Å². The molecule has 270 valence electrons. The monoisotopic (exact) mass is 740 g/mol. The van der Waals surface area contributed by atoms with Crippen molar-refractivity contribution in [1.29, 1.82) is 5.26 Å². The van der Waals surface area contributed by atoms with E-state index in [1.54, 1.807) is 0 Å². The van der Waals surface area contributed by atoms with Crippen LogP contribution < -0.4 is 0 Å². The summed E-state index contributed by atoms with van der Waals surface area (Å²) in [6.07, 6.45) is 0. The second-order valence-corrected chi connectivity index (χ2v) is 14.4. The van der Waals surface area contributed by atoms with Gasteiger partial charge in [-0.05, 0) is 47.0 Å². The first-order valence-corrected chi connectivity index (χ1v) is 19.3. The van der Waals surface area contributed by atoms with Gasteiger partial charge in [0, 0.05) is 43.8 Å². The number of hydrogen-bond donors (Lipinski definition) is 0. The first-order valence-electron chi connectivity index (χ1n) is 19.3. The predicted molar refractivity (Wildman–Crippen MR) is 236 cm³/mol. The molecule has 0 spiro atoms. The van der Waals surface area contributed by atoms with Crippen LogP contribution in [0.15, 0.2) is 199 Å². The number of furan rings is 1. The standard InChI is InChI=1S/C53H32N4O/c54-33-45-50(36-20-9-3-10-21-36)55-53(56-51(45)37-22-11-4-12-23-37)44-30-38(34-16-5-1-6-17-34)28-29-47(44)57-46-27-14-13-24-40(46)42-32-49-43(31-48(42)57)41-26-15-25-39(52(41)58-49)35-18-7-2-8-19-35/h1-32H. The highest BCUT2D eigenvalue weighted by Crippen LogP contribution is 2.43. The molecule has 0 amide bonds. The molecule has 0 bridgehead atoms. The lowest BCUT2D eigenvalue weighted by Crippen LogP contribution is -2.04. The normalized spacial score (nSPS) is 11.4. The molecule has 0 aliphatic carbocycles. The molecule has 0 saturated heterocycles. The molecule has 0 unspecified atom stereocenters. The lowest BCUT2D eigenvalue weighted by molar-refractivity contribution is 0.670. The lowest BCUT2D eigenvalue weighted by atomic mass is 9.98. The van der Waals surface area contributed by atoms with Crippen LogP contribution in [0, 0.1) is 11.3 Å². The zero-order valence-corrected chi connectivity index (χ0v) is 31.2. The number of benzene rings is 8. The van der Waals surface area contributed by atoms with Crippen LogP contribution in [-0.4, -0.2) is 14.5 Å². The van der Waals surface area contributed by atoms with Gasteiger partial charge in [-0.25, -0.2) is 9.97 Å². The summed E-state index contributed by atoms with van der Waals surface area (Å²) in [5.41, 5.74) is 13.2. The van der Waals surface area contributed by atoms with E-state index in [2.05, 4.69) is 132 Å². The number of aromatic nitrogens is 3. The Bertz CT molecular complexity index is 3320. The summed E-state index contributed by atoms with van der Waals surface area (Å²) < 4.78 is 9.08. The smallest absolute Gasteiger partial charge is 0.162 e. The Morgan fingerprint density at radius 2 is 1.02 bits per heavy atom. The Hall–Kier alpha value is -8.07. The van der Waals surface area contributed by atoms with Crippen LogP contribution in [-0.2, 0) is 0 Å². The van der Waals surface area contributed by atoms with Crippen LogP contribution >= 0.6 is 0 Å². The predicted octanol–water partition coefficient (Wildman–Crippen LogP) is 13.7. The van der Waals surface area contributed by atoms with Crippen LogP contribution in [0.25, 0.3) is 106 Å². The van der Waals surface area contributed by atoms with Crippen molar-refractivity contribution >= 4 is 43.7 Å². The lowest BCUT2D eigenvalue weighted by Gasteiger charge is -2.17. The van der Waals surface area contributed by atoms with Crippen molar-refractivity contribution in [2.24, 2.45) is 0 Å². The average molecular weight is 741 g/mol. The zero-order valence-electron chi connectivity index (χ0n) is 31.2. The molecule has 5 nitrogen and oxygen atoms in total. The minimum atomic E-state index is 0.433. The molecule has 0 N–H and O–H groups in total. The van der Waals surface area contributed by atoms with E-state index in [1.807, 2.05) is 72.8 Å². The van der Waals surface area contributed by atoms with E-state index < -0.39 is 0 Å². The van der Waals surface area contributed by atoms with Crippen molar-refractivity contribution in [1.82, 2.24) is 14.5 Å². The molecule has 3 aromatic heterocycles. The van der Waals surface area contributed by atoms with Gasteiger partial charge < -0.3 is 8.98 Å². The first-order chi connectivity index (χ1) is 28.7. The fourth-order valence-electron chi connectivity index (χ4n) is 8.38. The fraction of sp³-hybridized carbons (Fsp3) is 0. The Kier molecular flexibility index (Phi) is 7.80. The highest BCUT2D eigenvalue weighted by atomic mass is 16.3. The van der Waals surface area contributed by atoms with Crippen LogP contribution in [0.4, 0.5) is 0 Å². The van der Waals surface area contributed by atoms with E-state index in [0.717, 1.165) is 88.4 Å². The Balaban J connectivity index is 1.23. The highest BCUT2D eigenvalue weighted by Gasteiger charge is 2.24. The van der Waals surface area contributed by atoms with Gasteiger partial charge in [-0.3, -0.25) is 0 Å². The maximum Gasteiger partial charge on any atom is 0.162 e. The number of fused-ring (bicyclic) bond motifs is 6. The average Bonchev–Trinajstić information content (AvgIpc) is 3.83. The molecule has 0 saturated carbocycles. The minimum Gasteiger partial charge on any atom is -0.455 e. The van der Waals surface area contributed by atoms with Crippen LogP contribution in [0.2, 0.25) is 0 Å². The van der Waals surface area contributed by atoms with Gasteiger partial charge in [0.1, 0.15) is 22.8 Å². The van der Waals surface area contributed by atoms with Crippen molar-refractivity contribution < 1.29 is 4.42 Å². The van der Waals surface area contributed by atoms with Crippen molar-refractivity contribution in [2.75, 3.05) is 0 Å². The summed E-state index contributed by atoms with van der Waals surface area (Å²) in [5.74, 6) is 0.526. The Labute approximate surface area is 334 Å². The van der Waals surface area contributed by atoms with Crippen LogP contribution in [0.5, 0.6) is 0 Å². The molecule has 11 rings (SSSR count). The second kappa shape index (κ2) is 13.6. The van der Waals surface area contributed by atoms with Gasteiger partial charge in [0.2, 0.25) is 0 Å². The van der Waals surface area contributed by atoms with E-state index in [4.69, 9.17) is 14.4 Å². The quantitative estimate of drug-likeness (QED) is 0.170. The summed E-state index contributed by atoms with van der Waals surface area (Å²) in [4.78, 5) is 10.6. The van der Waals surface area contributed by atoms with Crippen LogP contribution in [0.1, 0.15) is 5.56 Å². The van der Waals surface area contributed by atoms with Crippen molar-refractivity contribution in [3.63, 3.8) is 0 Å². The summed E-state index contributed by atoms with van der Waals surface area (Å²) >= 11 is 0. The maximum absolute atomic E-state index is 10.7. The van der Waals surface area contributed by atoms with E-state index >= 15 is 0 Å². The van der Waals surface area contributed by atoms with Gasteiger partial charge in [0.15, 0.2) is 5.82 Å². The number of rotatable bonds is 6.